The van der Waals surface area contributed by atoms with Gasteiger partial charge in [0, 0.05) is 18.0 Å². The molecule has 3 rings (SSSR count). The molecular weight excluding hydrogens is 346 g/mol. The molecule has 108 valence electrons. The summed E-state index contributed by atoms with van der Waals surface area (Å²) in [5.74, 6) is 0.0567. The van der Waals surface area contributed by atoms with Crippen LogP contribution in [0.4, 0.5) is 0 Å². The standard InChI is InChI=1S/C17H16BrNOS/c1-19(15-9-6-12-4-2-3-5-14(12)15)17(20)11-8-13-7-10-16(18)21-13/h2-5,7-8,10-11,15H,6,9H2,1H3/b11-8+. The summed E-state index contributed by atoms with van der Waals surface area (Å²) in [6.07, 6.45) is 5.62. The summed E-state index contributed by atoms with van der Waals surface area (Å²) in [4.78, 5) is 15.3. The van der Waals surface area contributed by atoms with E-state index in [1.807, 2.05) is 30.2 Å². The minimum absolute atomic E-state index is 0.0567. The van der Waals surface area contributed by atoms with E-state index < -0.39 is 0 Å². The summed E-state index contributed by atoms with van der Waals surface area (Å²) in [5, 5.41) is 0. The Balaban J connectivity index is 1.72. The fraction of sp³-hybridized carbons (Fsp3) is 0.235. The normalized spacial score (nSPS) is 17.1. The number of likely N-dealkylation sites (N-methyl/N-ethyl adjacent to an activating group) is 1. The molecule has 0 saturated heterocycles. The Kier molecular flexibility index (Phi) is 4.27. The third-order valence-electron chi connectivity index (χ3n) is 3.90. The maximum Gasteiger partial charge on any atom is 0.246 e. The molecule has 0 fully saturated rings. The van der Waals surface area contributed by atoms with E-state index in [0.29, 0.717) is 0 Å². The van der Waals surface area contributed by atoms with Crippen molar-refractivity contribution in [1.29, 1.82) is 0 Å². The number of rotatable bonds is 3. The van der Waals surface area contributed by atoms with Crippen LogP contribution in [0.2, 0.25) is 0 Å². The van der Waals surface area contributed by atoms with E-state index in [-0.39, 0.29) is 11.9 Å². The van der Waals surface area contributed by atoms with Crippen molar-refractivity contribution in [2.45, 2.75) is 18.9 Å². The van der Waals surface area contributed by atoms with Gasteiger partial charge in [0.2, 0.25) is 5.91 Å². The first-order valence-corrected chi connectivity index (χ1v) is 8.54. The molecule has 1 aromatic heterocycles. The Labute approximate surface area is 137 Å². The van der Waals surface area contributed by atoms with Crippen molar-refractivity contribution in [3.63, 3.8) is 0 Å². The Morgan fingerprint density at radius 1 is 1.33 bits per heavy atom. The molecule has 0 aliphatic heterocycles. The second-order valence-corrected chi connectivity index (χ2v) is 7.67. The molecule has 0 bridgehead atoms. The van der Waals surface area contributed by atoms with Crippen LogP contribution in [0.1, 0.15) is 28.5 Å². The number of carbonyl (C=O) groups is 1. The van der Waals surface area contributed by atoms with E-state index in [1.165, 1.54) is 11.1 Å². The van der Waals surface area contributed by atoms with Crippen LogP contribution in [0.15, 0.2) is 46.3 Å². The fourth-order valence-corrected chi connectivity index (χ4v) is 4.11. The van der Waals surface area contributed by atoms with E-state index in [0.717, 1.165) is 21.5 Å². The van der Waals surface area contributed by atoms with E-state index in [2.05, 4.69) is 40.2 Å². The average molecular weight is 362 g/mol. The number of thiophene rings is 1. The van der Waals surface area contributed by atoms with Gasteiger partial charge in [-0.3, -0.25) is 4.79 Å². The van der Waals surface area contributed by atoms with Gasteiger partial charge in [0.05, 0.1) is 9.83 Å². The van der Waals surface area contributed by atoms with E-state index >= 15 is 0 Å². The molecule has 0 saturated carbocycles. The predicted molar refractivity (Wildman–Crippen MR) is 91.3 cm³/mol. The first kappa shape index (κ1) is 14.5. The van der Waals surface area contributed by atoms with Crippen LogP contribution in [-0.2, 0) is 11.2 Å². The lowest BCUT2D eigenvalue weighted by Crippen LogP contribution is -2.28. The number of halogens is 1. The molecule has 1 atom stereocenters. The number of benzene rings is 1. The molecule has 1 aliphatic rings. The van der Waals surface area contributed by atoms with Crippen LogP contribution >= 0.6 is 27.3 Å². The summed E-state index contributed by atoms with van der Waals surface area (Å²) in [5.41, 5.74) is 2.66. The number of carbonyl (C=O) groups excluding carboxylic acids is 1. The zero-order valence-electron chi connectivity index (χ0n) is 11.8. The van der Waals surface area contributed by atoms with Crippen molar-refractivity contribution in [3.8, 4) is 0 Å². The van der Waals surface area contributed by atoms with Crippen molar-refractivity contribution in [2.75, 3.05) is 7.05 Å². The van der Waals surface area contributed by atoms with Crippen molar-refractivity contribution in [3.05, 3.63) is 62.3 Å². The van der Waals surface area contributed by atoms with Gasteiger partial charge in [-0.1, -0.05) is 24.3 Å². The first-order chi connectivity index (χ1) is 10.1. The number of amides is 1. The monoisotopic (exact) mass is 361 g/mol. The zero-order valence-corrected chi connectivity index (χ0v) is 14.2. The van der Waals surface area contributed by atoms with Crippen molar-refractivity contribution in [2.24, 2.45) is 0 Å². The third kappa shape index (κ3) is 3.11. The van der Waals surface area contributed by atoms with Gasteiger partial charge in [0.1, 0.15) is 0 Å². The van der Waals surface area contributed by atoms with Gasteiger partial charge in [-0.05, 0) is 58.1 Å². The van der Waals surface area contributed by atoms with E-state index in [9.17, 15) is 4.79 Å². The van der Waals surface area contributed by atoms with Gasteiger partial charge in [-0.2, -0.15) is 0 Å². The number of aryl methyl sites for hydroxylation is 1. The number of fused-ring (bicyclic) bond motifs is 1. The van der Waals surface area contributed by atoms with Gasteiger partial charge in [-0.25, -0.2) is 0 Å². The van der Waals surface area contributed by atoms with E-state index in [4.69, 9.17) is 0 Å². The molecule has 2 aromatic rings. The highest BCUT2D eigenvalue weighted by Crippen LogP contribution is 2.35. The first-order valence-electron chi connectivity index (χ1n) is 6.93. The third-order valence-corrected chi connectivity index (χ3v) is 5.49. The van der Waals surface area contributed by atoms with Crippen LogP contribution in [-0.4, -0.2) is 17.9 Å². The minimum Gasteiger partial charge on any atom is -0.335 e. The molecule has 1 aliphatic carbocycles. The molecule has 1 unspecified atom stereocenters. The summed E-state index contributed by atoms with van der Waals surface area (Å²) < 4.78 is 1.08. The molecule has 4 heteroatoms. The van der Waals surface area contributed by atoms with Gasteiger partial charge >= 0.3 is 0 Å². The molecule has 1 heterocycles. The Bertz CT molecular complexity index is 692. The van der Waals surface area contributed by atoms with Gasteiger partial charge < -0.3 is 4.90 Å². The lowest BCUT2D eigenvalue weighted by molar-refractivity contribution is -0.126. The molecular formula is C17H16BrNOS. The summed E-state index contributed by atoms with van der Waals surface area (Å²) >= 11 is 5.05. The van der Waals surface area contributed by atoms with Gasteiger partial charge in [0.25, 0.3) is 0 Å². The molecule has 2 nitrogen and oxygen atoms in total. The van der Waals surface area contributed by atoms with Crippen LogP contribution in [0.3, 0.4) is 0 Å². The number of hydrogen-bond donors (Lipinski definition) is 0. The Hall–Kier alpha value is -1.39. The summed E-state index contributed by atoms with van der Waals surface area (Å²) in [7, 11) is 1.89. The summed E-state index contributed by atoms with van der Waals surface area (Å²) in [6.45, 7) is 0. The minimum atomic E-state index is 0.0567. The zero-order chi connectivity index (χ0) is 14.8. The maximum atomic E-state index is 12.4. The smallest absolute Gasteiger partial charge is 0.246 e. The lowest BCUT2D eigenvalue weighted by atomic mass is 10.1. The quantitative estimate of drug-likeness (QED) is 0.727. The molecule has 1 amide bonds. The second-order valence-electron chi connectivity index (χ2n) is 5.18. The van der Waals surface area contributed by atoms with Crippen LogP contribution in [0, 0.1) is 0 Å². The fourth-order valence-electron chi connectivity index (χ4n) is 2.78. The van der Waals surface area contributed by atoms with Gasteiger partial charge in [-0.15, -0.1) is 11.3 Å². The average Bonchev–Trinajstić information content (AvgIpc) is 3.10. The highest BCUT2D eigenvalue weighted by atomic mass is 79.9. The van der Waals surface area contributed by atoms with Crippen molar-refractivity contribution < 1.29 is 4.79 Å². The molecule has 1 aromatic carbocycles. The molecule has 0 N–H and O–H groups in total. The SMILES string of the molecule is CN(C(=O)/C=C/c1ccc(Br)s1)C1CCc2ccccc21. The Morgan fingerprint density at radius 2 is 2.14 bits per heavy atom. The van der Waals surface area contributed by atoms with Gasteiger partial charge in [0.15, 0.2) is 0 Å². The van der Waals surface area contributed by atoms with Crippen molar-refractivity contribution >= 4 is 39.2 Å². The van der Waals surface area contributed by atoms with Crippen LogP contribution in [0.5, 0.6) is 0 Å². The summed E-state index contributed by atoms with van der Waals surface area (Å²) in [6, 6.07) is 12.6. The lowest BCUT2D eigenvalue weighted by Gasteiger charge is -2.24. The van der Waals surface area contributed by atoms with Crippen molar-refractivity contribution in [1.82, 2.24) is 4.90 Å². The van der Waals surface area contributed by atoms with Crippen LogP contribution < -0.4 is 0 Å². The van der Waals surface area contributed by atoms with Crippen LogP contribution in [0.25, 0.3) is 6.08 Å². The predicted octanol–water partition coefficient (Wildman–Crippen LogP) is 4.67. The number of hydrogen-bond acceptors (Lipinski definition) is 2. The highest BCUT2D eigenvalue weighted by molar-refractivity contribution is 9.11. The molecule has 0 spiro atoms. The molecule has 21 heavy (non-hydrogen) atoms. The Morgan fingerprint density at radius 3 is 2.90 bits per heavy atom. The molecule has 0 radical (unpaired) electrons. The topological polar surface area (TPSA) is 20.3 Å². The largest absolute Gasteiger partial charge is 0.335 e. The highest BCUT2D eigenvalue weighted by Gasteiger charge is 2.27. The number of nitrogens with zero attached hydrogens (tertiary/aromatic N) is 1. The second kappa shape index (κ2) is 6.16. The maximum absolute atomic E-state index is 12.4. The van der Waals surface area contributed by atoms with E-state index in [1.54, 1.807) is 17.4 Å².